The normalized spacial score (nSPS) is 15.9. The number of halogens is 3. The number of ether oxygens (including phenoxy) is 1. The van der Waals surface area contributed by atoms with Gasteiger partial charge in [-0.2, -0.15) is 5.10 Å². The average molecular weight is 480 g/mol. The molecule has 0 spiro atoms. The number of benzene rings is 2. The highest BCUT2D eigenvalue weighted by Gasteiger charge is 2.26. The molecule has 0 fully saturated rings. The van der Waals surface area contributed by atoms with Crippen molar-refractivity contribution in [3.63, 3.8) is 0 Å². The van der Waals surface area contributed by atoms with Crippen LogP contribution in [0.5, 0.6) is 5.75 Å². The molecule has 35 heavy (non-hydrogen) atoms. The lowest BCUT2D eigenvalue weighted by Gasteiger charge is -2.14. The van der Waals surface area contributed by atoms with Gasteiger partial charge in [0.1, 0.15) is 11.6 Å². The lowest BCUT2D eigenvalue weighted by atomic mass is 9.93. The van der Waals surface area contributed by atoms with E-state index in [2.05, 4.69) is 15.1 Å². The lowest BCUT2D eigenvalue weighted by molar-refractivity contribution is 0.413. The molecule has 6 nitrogen and oxygen atoms in total. The molecule has 0 aliphatic carbocycles. The second kappa shape index (κ2) is 9.40. The summed E-state index contributed by atoms with van der Waals surface area (Å²) in [6, 6.07) is 7.92. The van der Waals surface area contributed by atoms with Crippen LogP contribution in [-0.4, -0.2) is 31.4 Å². The van der Waals surface area contributed by atoms with E-state index >= 15 is 0 Å². The molecule has 1 aliphatic heterocycles. The van der Waals surface area contributed by atoms with Crippen molar-refractivity contribution in [3.8, 4) is 11.4 Å². The first-order chi connectivity index (χ1) is 16.9. The molecule has 180 valence electrons. The van der Waals surface area contributed by atoms with Crippen molar-refractivity contribution in [2.45, 2.75) is 38.6 Å². The second-order valence-corrected chi connectivity index (χ2v) is 8.59. The van der Waals surface area contributed by atoms with Crippen LogP contribution in [0.3, 0.4) is 0 Å². The first-order valence-corrected chi connectivity index (χ1v) is 11.4. The number of hydrogen-bond donors (Lipinski definition) is 0. The average Bonchev–Trinajstić information content (AvgIpc) is 3.41. The monoisotopic (exact) mass is 479 g/mol. The number of fused-ring (bicyclic) bond motifs is 1. The quantitative estimate of drug-likeness (QED) is 0.346. The van der Waals surface area contributed by atoms with Gasteiger partial charge in [-0.15, -0.1) is 0 Å². The van der Waals surface area contributed by atoms with Crippen LogP contribution < -0.4 is 4.74 Å². The van der Waals surface area contributed by atoms with Gasteiger partial charge >= 0.3 is 0 Å². The Morgan fingerprint density at radius 1 is 1.06 bits per heavy atom. The third kappa shape index (κ3) is 4.58. The minimum absolute atomic E-state index is 0.363. The molecule has 1 atom stereocenters. The smallest absolute Gasteiger partial charge is 0.194 e. The molecule has 0 N–H and O–H groups in total. The fourth-order valence-corrected chi connectivity index (χ4v) is 4.43. The summed E-state index contributed by atoms with van der Waals surface area (Å²) in [4.78, 5) is 8.92. The molecular formula is C26H24F3N5O. The molecular weight excluding hydrogens is 455 g/mol. The van der Waals surface area contributed by atoms with Crippen molar-refractivity contribution < 1.29 is 17.9 Å². The van der Waals surface area contributed by atoms with Gasteiger partial charge < -0.3 is 9.30 Å². The number of aromatic nitrogens is 5. The minimum Gasteiger partial charge on any atom is -0.495 e. The van der Waals surface area contributed by atoms with Crippen molar-refractivity contribution in [2.75, 3.05) is 7.11 Å². The number of imidazole rings is 1. The molecule has 1 aliphatic rings. The van der Waals surface area contributed by atoms with Crippen LogP contribution in [0.4, 0.5) is 13.2 Å². The number of methoxy groups -OCH3 is 1. The Kier molecular flexibility index (Phi) is 6.15. The van der Waals surface area contributed by atoms with Crippen molar-refractivity contribution in [1.29, 1.82) is 0 Å². The fourth-order valence-electron chi connectivity index (χ4n) is 4.43. The standard InChI is InChI=1S/C26H24F3N5O/c1-16-14-33(15-30-16)22-8-6-17(11-23(22)35-2)7-9-24-31-26-19(5-3-4-10-34(26)32-24)18-12-20(27)25(29)21(28)13-18/h6-9,11-15,19H,3-5,10H2,1-2H3/b9-7+/t19-/m1/s1. The van der Waals surface area contributed by atoms with Gasteiger partial charge in [0.15, 0.2) is 23.3 Å². The number of hydrogen-bond acceptors (Lipinski definition) is 4. The van der Waals surface area contributed by atoms with Crippen molar-refractivity contribution in [1.82, 2.24) is 24.3 Å². The van der Waals surface area contributed by atoms with Crippen LogP contribution >= 0.6 is 0 Å². The molecule has 5 rings (SSSR count). The van der Waals surface area contributed by atoms with Gasteiger partial charge in [0, 0.05) is 18.7 Å². The van der Waals surface area contributed by atoms with Crippen LogP contribution in [0.25, 0.3) is 17.8 Å². The topological polar surface area (TPSA) is 57.8 Å². The molecule has 3 heterocycles. The zero-order valence-electron chi connectivity index (χ0n) is 19.4. The highest BCUT2D eigenvalue weighted by atomic mass is 19.2. The second-order valence-electron chi connectivity index (χ2n) is 8.59. The Labute approximate surface area is 200 Å². The molecule has 0 unspecified atom stereocenters. The van der Waals surface area contributed by atoms with Gasteiger partial charge in [0.05, 0.1) is 24.8 Å². The van der Waals surface area contributed by atoms with E-state index in [-0.39, 0.29) is 5.92 Å². The summed E-state index contributed by atoms with van der Waals surface area (Å²) in [6.07, 6.45) is 9.70. The van der Waals surface area contributed by atoms with E-state index in [1.807, 2.05) is 42.0 Å². The van der Waals surface area contributed by atoms with Gasteiger partial charge in [0.25, 0.3) is 0 Å². The molecule has 0 amide bonds. The van der Waals surface area contributed by atoms with Crippen molar-refractivity contribution >= 4 is 12.2 Å². The summed E-state index contributed by atoms with van der Waals surface area (Å²) in [5.41, 5.74) is 3.04. The molecule has 2 aromatic heterocycles. The maximum Gasteiger partial charge on any atom is 0.194 e. The third-order valence-corrected chi connectivity index (χ3v) is 6.17. The Hall–Kier alpha value is -3.88. The number of aryl methyl sites for hydroxylation is 2. The largest absolute Gasteiger partial charge is 0.495 e. The number of nitrogens with zero attached hydrogens (tertiary/aromatic N) is 5. The van der Waals surface area contributed by atoms with E-state index in [9.17, 15) is 13.2 Å². The highest BCUT2D eigenvalue weighted by Crippen LogP contribution is 2.33. The molecule has 2 aromatic carbocycles. The first kappa shape index (κ1) is 22.9. The lowest BCUT2D eigenvalue weighted by Crippen LogP contribution is -2.09. The SMILES string of the molecule is COc1cc(/C=C/c2nc3n(n2)CCCC[C@@H]3c2cc(F)c(F)c(F)c2)ccc1-n1cnc(C)c1. The summed E-state index contributed by atoms with van der Waals surface area (Å²) in [6.45, 7) is 2.58. The molecule has 0 bridgehead atoms. The van der Waals surface area contributed by atoms with Crippen LogP contribution in [0.2, 0.25) is 0 Å². The van der Waals surface area contributed by atoms with Gasteiger partial charge in [0.2, 0.25) is 0 Å². The Morgan fingerprint density at radius 3 is 2.57 bits per heavy atom. The van der Waals surface area contributed by atoms with Gasteiger partial charge in [-0.05, 0) is 61.2 Å². The zero-order chi connectivity index (χ0) is 24.5. The first-order valence-electron chi connectivity index (χ1n) is 11.4. The summed E-state index contributed by atoms with van der Waals surface area (Å²) in [5.74, 6) is -2.41. The van der Waals surface area contributed by atoms with E-state index in [1.54, 1.807) is 24.2 Å². The van der Waals surface area contributed by atoms with Crippen LogP contribution in [-0.2, 0) is 6.54 Å². The van der Waals surface area contributed by atoms with E-state index in [1.165, 1.54) is 0 Å². The van der Waals surface area contributed by atoms with E-state index in [0.717, 1.165) is 41.9 Å². The minimum atomic E-state index is -1.46. The summed E-state index contributed by atoms with van der Waals surface area (Å²) in [5, 5.41) is 4.59. The predicted molar refractivity (Wildman–Crippen MR) is 126 cm³/mol. The van der Waals surface area contributed by atoms with Crippen molar-refractivity contribution in [2.24, 2.45) is 0 Å². The summed E-state index contributed by atoms with van der Waals surface area (Å²) in [7, 11) is 1.62. The maximum atomic E-state index is 13.9. The van der Waals surface area contributed by atoms with E-state index in [4.69, 9.17) is 4.74 Å². The Morgan fingerprint density at radius 2 is 1.86 bits per heavy atom. The summed E-state index contributed by atoms with van der Waals surface area (Å²) < 4.78 is 50.5. The zero-order valence-corrected chi connectivity index (χ0v) is 19.4. The third-order valence-electron chi connectivity index (χ3n) is 6.17. The van der Waals surface area contributed by atoms with Crippen molar-refractivity contribution in [3.05, 3.63) is 88.8 Å². The van der Waals surface area contributed by atoms with E-state index in [0.29, 0.717) is 35.9 Å². The molecule has 0 radical (unpaired) electrons. The highest BCUT2D eigenvalue weighted by molar-refractivity contribution is 5.69. The Balaban J connectivity index is 1.44. The molecule has 0 saturated carbocycles. The summed E-state index contributed by atoms with van der Waals surface area (Å²) >= 11 is 0. The molecule has 0 saturated heterocycles. The van der Waals surface area contributed by atoms with Crippen LogP contribution in [0.1, 0.15) is 53.7 Å². The van der Waals surface area contributed by atoms with Crippen LogP contribution in [0.15, 0.2) is 42.9 Å². The van der Waals surface area contributed by atoms with Gasteiger partial charge in [-0.3, -0.25) is 0 Å². The van der Waals surface area contributed by atoms with Gasteiger partial charge in [-0.25, -0.2) is 27.8 Å². The van der Waals surface area contributed by atoms with E-state index < -0.39 is 17.5 Å². The fraction of sp³-hybridized carbons (Fsp3) is 0.269. The van der Waals surface area contributed by atoms with Crippen LogP contribution in [0, 0.1) is 24.4 Å². The predicted octanol–water partition coefficient (Wildman–Crippen LogP) is 5.68. The Bertz CT molecular complexity index is 1380. The number of rotatable bonds is 5. The maximum absolute atomic E-state index is 13.9. The van der Waals surface area contributed by atoms with Gasteiger partial charge in [-0.1, -0.05) is 18.6 Å². The molecule has 4 aromatic rings. The molecule has 9 heteroatoms.